The molecule has 0 atom stereocenters. The zero-order chi connectivity index (χ0) is 17.0. The Bertz CT molecular complexity index is 725. The Morgan fingerprint density at radius 2 is 2.00 bits per heavy atom. The SMILES string of the molecule is CCOC(=O)c1coc(NC(=O)c2ccccc2C(F)(F)F)n1. The van der Waals surface area contributed by atoms with Gasteiger partial charge in [0.15, 0.2) is 5.69 Å². The summed E-state index contributed by atoms with van der Waals surface area (Å²) in [6, 6.07) is 3.87. The molecule has 0 aliphatic carbocycles. The predicted octanol–water partition coefficient (Wildman–Crippen LogP) is 3.12. The van der Waals surface area contributed by atoms with E-state index in [1.54, 1.807) is 6.92 Å². The summed E-state index contributed by atoms with van der Waals surface area (Å²) < 4.78 is 48.1. The lowest BCUT2D eigenvalue weighted by molar-refractivity contribution is -0.137. The third kappa shape index (κ3) is 3.87. The van der Waals surface area contributed by atoms with Crippen LogP contribution in [0.5, 0.6) is 0 Å². The first kappa shape index (κ1) is 16.5. The summed E-state index contributed by atoms with van der Waals surface area (Å²) in [5.41, 5.74) is -1.88. The van der Waals surface area contributed by atoms with E-state index in [1.807, 2.05) is 0 Å². The average molecular weight is 328 g/mol. The van der Waals surface area contributed by atoms with E-state index in [-0.39, 0.29) is 12.3 Å². The van der Waals surface area contributed by atoms with E-state index in [9.17, 15) is 22.8 Å². The number of rotatable bonds is 4. The molecule has 1 aromatic heterocycles. The van der Waals surface area contributed by atoms with E-state index in [0.717, 1.165) is 18.4 Å². The molecular weight excluding hydrogens is 317 g/mol. The summed E-state index contributed by atoms with van der Waals surface area (Å²) >= 11 is 0. The average Bonchev–Trinajstić information content (AvgIpc) is 2.95. The maximum absolute atomic E-state index is 12.9. The van der Waals surface area contributed by atoms with Crippen LogP contribution in [0.3, 0.4) is 0 Å². The number of ether oxygens (including phenoxy) is 1. The molecule has 23 heavy (non-hydrogen) atoms. The van der Waals surface area contributed by atoms with Crippen molar-refractivity contribution in [2.75, 3.05) is 11.9 Å². The van der Waals surface area contributed by atoms with Gasteiger partial charge in [-0.05, 0) is 19.1 Å². The maximum atomic E-state index is 12.9. The number of esters is 1. The molecule has 122 valence electrons. The van der Waals surface area contributed by atoms with Crippen molar-refractivity contribution in [3.63, 3.8) is 0 Å². The van der Waals surface area contributed by atoms with E-state index in [0.29, 0.717) is 0 Å². The number of amides is 1. The highest BCUT2D eigenvalue weighted by Crippen LogP contribution is 2.32. The Kier molecular flexibility index (Phi) is 4.68. The van der Waals surface area contributed by atoms with Crippen LogP contribution in [0.1, 0.15) is 33.3 Å². The molecule has 0 unspecified atom stereocenters. The molecule has 2 aromatic rings. The number of nitrogens with one attached hydrogen (secondary N) is 1. The Hall–Kier alpha value is -2.84. The molecule has 0 aliphatic heterocycles. The number of nitrogens with zero attached hydrogens (tertiary/aromatic N) is 1. The van der Waals surface area contributed by atoms with Gasteiger partial charge in [-0.2, -0.15) is 18.2 Å². The molecule has 0 saturated carbocycles. The van der Waals surface area contributed by atoms with Crippen LogP contribution in [0, 0.1) is 0 Å². The number of carbonyl (C=O) groups excluding carboxylic acids is 2. The fourth-order valence-corrected chi connectivity index (χ4v) is 1.72. The minimum absolute atomic E-state index is 0.117. The van der Waals surface area contributed by atoms with E-state index in [2.05, 4.69) is 15.0 Å². The maximum Gasteiger partial charge on any atom is 0.417 e. The number of oxazole rings is 1. The molecule has 1 aromatic carbocycles. The lowest BCUT2D eigenvalue weighted by Gasteiger charge is -2.11. The van der Waals surface area contributed by atoms with Gasteiger partial charge in [0.25, 0.3) is 5.91 Å². The van der Waals surface area contributed by atoms with Gasteiger partial charge in [-0.15, -0.1) is 0 Å². The number of hydrogen-bond donors (Lipinski definition) is 1. The molecule has 0 aliphatic rings. The first-order chi connectivity index (χ1) is 10.8. The molecule has 0 radical (unpaired) electrons. The summed E-state index contributed by atoms with van der Waals surface area (Å²) in [5.74, 6) is -1.83. The van der Waals surface area contributed by atoms with Gasteiger partial charge in [-0.3, -0.25) is 10.1 Å². The zero-order valence-electron chi connectivity index (χ0n) is 11.8. The quantitative estimate of drug-likeness (QED) is 0.872. The summed E-state index contributed by atoms with van der Waals surface area (Å²) in [4.78, 5) is 27.0. The van der Waals surface area contributed by atoms with Crippen molar-refractivity contribution in [1.29, 1.82) is 0 Å². The van der Waals surface area contributed by atoms with Crippen LogP contribution < -0.4 is 5.32 Å². The summed E-state index contributed by atoms with van der Waals surface area (Å²) in [5, 5.41) is 2.06. The molecule has 9 heteroatoms. The molecule has 0 spiro atoms. The lowest BCUT2D eigenvalue weighted by Crippen LogP contribution is -2.18. The van der Waals surface area contributed by atoms with E-state index in [4.69, 9.17) is 4.42 Å². The van der Waals surface area contributed by atoms with Crippen LogP contribution in [0.25, 0.3) is 0 Å². The predicted molar refractivity (Wildman–Crippen MR) is 71.9 cm³/mol. The summed E-state index contributed by atoms with van der Waals surface area (Å²) in [6.07, 6.45) is -3.75. The molecule has 1 heterocycles. The van der Waals surface area contributed by atoms with Crippen molar-refractivity contribution in [2.45, 2.75) is 13.1 Å². The van der Waals surface area contributed by atoms with Gasteiger partial charge in [0, 0.05) is 0 Å². The van der Waals surface area contributed by atoms with Gasteiger partial charge >= 0.3 is 18.2 Å². The van der Waals surface area contributed by atoms with Crippen LogP contribution in [0.2, 0.25) is 0 Å². The topological polar surface area (TPSA) is 81.4 Å². The van der Waals surface area contributed by atoms with Crippen molar-refractivity contribution in [2.24, 2.45) is 0 Å². The molecule has 2 rings (SSSR count). The molecule has 1 N–H and O–H groups in total. The van der Waals surface area contributed by atoms with Gasteiger partial charge < -0.3 is 9.15 Å². The summed E-state index contributed by atoms with van der Waals surface area (Å²) in [6.45, 7) is 1.71. The Labute approximate surface area is 128 Å². The van der Waals surface area contributed by atoms with Crippen molar-refractivity contribution in [1.82, 2.24) is 4.98 Å². The van der Waals surface area contributed by atoms with E-state index >= 15 is 0 Å². The van der Waals surface area contributed by atoms with Gasteiger partial charge in [-0.1, -0.05) is 12.1 Å². The number of anilines is 1. The van der Waals surface area contributed by atoms with Crippen LogP contribution in [-0.2, 0) is 10.9 Å². The normalized spacial score (nSPS) is 11.1. The fraction of sp³-hybridized carbons (Fsp3) is 0.214. The highest BCUT2D eigenvalue weighted by Gasteiger charge is 2.35. The Morgan fingerprint density at radius 1 is 1.30 bits per heavy atom. The number of halogens is 3. The second kappa shape index (κ2) is 6.51. The molecule has 6 nitrogen and oxygen atoms in total. The first-order valence-electron chi connectivity index (χ1n) is 6.43. The van der Waals surface area contributed by atoms with Crippen molar-refractivity contribution >= 4 is 17.9 Å². The number of benzene rings is 1. The highest BCUT2D eigenvalue weighted by molar-refractivity contribution is 6.04. The van der Waals surface area contributed by atoms with Gasteiger partial charge in [0.2, 0.25) is 0 Å². The van der Waals surface area contributed by atoms with Crippen LogP contribution in [0.15, 0.2) is 34.9 Å². The molecule has 0 bridgehead atoms. The second-order valence-corrected chi connectivity index (χ2v) is 4.26. The van der Waals surface area contributed by atoms with Gasteiger partial charge in [-0.25, -0.2) is 4.79 Å². The molecule has 0 fully saturated rings. The standard InChI is InChI=1S/C14H11F3N2O4/c1-2-22-12(21)10-7-23-13(18-10)19-11(20)8-5-3-4-6-9(8)14(15,16)17/h3-7H,2H2,1H3,(H,18,19,20). The third-order valence-electron chi connectivity index (χ3n) is 2.69. The molecule has 0 saturated heterocycles. The van der Waals surface area contributed by atoms with Crippen LogP contribution in [-0.4, -0.2) is 23.5 Å². The van der Waals surface area contributed by atoms with E-state index in [1.165, 1.54) is 12.1 Å². The highest BCUT2D eigenvalue weighted by atomic mass is 19.4. The second-order valence-electron chi connectivity index (χ2n) is 4.26. The Morgan fingerprint density at radius 3 is 2.65 bits per heavy atom. The minimum Gasteiger partial charge on any atom is -0.461 e. The molecule has 1 amide bonds. The number of hydrogen-bond acceptors (Lipinski definition) is 5. The van der Waals surface area contributed by atoms with Crippen LogP contribution >= 0.6 is 0 Å². The van der Waals surface area contributed by atoms with E-state index < -0.39 is 35.2 Å². The van der Waals surface area contributed by atoms with Gasteiger partial charge in [0.1, 0.15) is 6.26 Å². The van der Waals surface area contributed by atoms with Crippen LogP contribution in [0.4, 0.5) is 19.2 Å². The van der Waals surface area contributed by atoms with Crippen molar-refractivity contribution in [3.8, 4) is 0 Å². The smallest absolute Gasteiger partial charge is 0.417 e. The number of carbonyl (C=O) groups is 2. The minimum atomic E-state index is -4.68. The summed E-state index contributed by atoms with van der Waals surface area (Å²) in [7, 11) is 0. The third-order valence-corrected chi connectivity index (χ3v) is 2.69. The van der Waals surface area contributed by atoms with Gasteiger partial charge in [0.05, 0.1) is 17.7 Å². The van der Waals surface area contributed by atoms with Crippen molar-refractivity contribution < 1.29 is 31.9 Å². The largest absolute Gasteiger partial charge is 0.461 e. The zero-order valence-corrected chi connectivity index (χ0v) is 11.8. The molecular formula is C14H11F3N2O4. The number of alkyl halides is 3. The Balaban J connectivity index is 2.19. The van der Waals surface area contributed by atoms with Crippen molar-refractivity contribution in [3.05, 3.63) is 47.3 Å². The lowest BCUT2D eigenvalue weighted by atomic mass is 10.1. The number of aromatic nitrogens is 1. The fourth-order valence-electron chi connectivity index (χ4n) is 1.72. The monoisotopic (exact) mass is 328 g/mol. The first-order valence-corrected chi connectivity index (χ1v) is 6.43.